The van der Waals surface area contributed by atoms with Crippen molar-refractivity contribution in [2.75, 3.05) is 38.2 Å². The van der Waals surface area contributed by atoms with Crippen LogP contribution in [0.2, 0.25) is 10.0 Å². The second kappa shape index (κ2) is 9.26. The van der Waals surface area contributed by atoms with E-state index in [1.807, 2.05) is 30.0 Å². The molecule has 32 heavy (non-hydrogen) atoms. The fourth-order valence-corrected chi connectivity index (χ4v) is 4.30. The van der Waals surface area contributed by atoms with Crippen molar-refractivity contribution in [1.29, 1.82) is 0 Å². The molecule has 1 saturated heterocycles. The summed E-state index contributed by atoms with van der Waals surface area (Å²) in [6.07, 6.45) is 5.08. The number of methoxy groups -OCH3 is 1. The number of anilines is 1. The van der Waals surface area contributed by atoms with E-state index in [0.717, 1.165) is 11.5 Å². The summed E-state index contributed by atoms with van der Waals surface area (Å²) in [4.78, 5) is 21.3. The summed E-state index contributed by atoms with van der Waals surface area (Å²) in [5, 5.41) is 5.58. The summed E-state index contributed by atoms with van der Waals surface area (Å²) in [5.41, 5.74) is 1.63. The number of aryl methyl sites for hydroxylation is 1. The Balaban J connectivity index is 1.44. The van der Waals surface area contributed by atoms with Crippen LogP contribution in [0.5, 0.6) is 5.75 Å². The summed E-state index contributed by atoms with van der Waals surface area (Å²) in [5.74, 6) is 1.91. The van der Waals surface area contributed by atoms with Crippen LogP contribution in [-0.4, -0.2) is 63.4 Å². The van der Waals surface area contributed by atoms with Crippen LogP contribution in [0, 0.1) is 6.92 Å². The molecule has 0 N–H and O–H groups in total. The lowest BCUT2D eigenvalue weighted by Crippen LogP contribution is -2.49. The number of benzene rings is 1. The Kier molecular flexibility index (Phi) is 6.43. The van der Waals surface area contributed by atoms with Gasteiger partial charge in [0.15, 0.2) is 5.82 Å². The second-order valence-corrected chi connectivity index (χ2v) is 8.20. The molecular formula is C22H24Cl2N6O2. The van der Waals surface area contributed by atoms with Gasteiger partial charge in [0.25, 0.3) is 0 Å². The minimum atomic E-state index is -0.0190. The van der Waals surface area contributed by atoms with Gasteiger partial charge in [-0.2, -0.15) is 5.10 Å². The van der Waals surface area contributed by atoms with Crippen molar-refractivity contribution in [3.63, 3.8) is 0 Å². The van der Waals surface area contributed by atoms with Gasteiger partial charge in [0, 0.05) is 50.3 Å². The van der Waals surface area contributed by atoms with E-state index in [4.69, 9.17) is 27.9 Å². The molecule has 8 nitrogen and oxygen atoms in total. The van der Waals surface area contributed by atoms with Gasteiger partial charge in [0.2, 0.25) is 5.91 Å². The Bertz CT molecular complexity index is 1150. The molecule has 10 heteroatoms. The Morgan fingerprint density at radius 2 is 2.00 bits per heavy atom. The predicted molar refractivity (Wildman–Crippen MR) is 126 cm³/mol. The summed E-state index contributed by atoms with van der Waals surface area (Å²) in [7, 11) is 1.60. The van der Waals surface area contributed by atoms with E-state index in [1.54, 1.807) is 34.8 Å². The van der Waals surface area contributed by atoms with E-state index in [1.165, 1.54) is 0 Å². The lowest BCUT2D eigenvalue weighted by molar-refractivity contribution is -0.132. The molecule has 0 aliphatic carbocycles. The molecule has 1 aromatic carbocycles. The molecule has 1 amide bonds. The number of carbonyl (C=O) groups excluding carboxylic acids is 1. The van der Waals surface area contributed by atoms with Gasteiger partial charge in [-0.1, -0.05) is 29.8 Å². The Hall–Kier alpha value is -2.97. The third-order valence-corrected chi connectivity index (χ3v) is 6.25. The van der Waals surface area contributed by atoms with Gasteiger partial charge in [-0.15, -0.1) is 0 Å². The Morgan fingerprint density at radius 3 is 2.62 bits per heavy atom. The number of halogens is 2. The number of nitrogens with zero attached hydrogens (tertiary/aromatic N) is 6. The third-order valence-electron chi connectivity index (χ3n) is 5.58. The first-order chi connectivity index (χ1) is 15.4. The fourth-order valence-electron chi connectivity index (χ4n) is 3.80. The molecule has 0 saturated carbocycles. The lowest BCUT2D eigenvalue weighted by Gasteiger charge is -2.36. The van der Waals surface area contributed by atoms with Gasteiger partial charge in [0.1, 0.15) is 23.1 Å². The molecule has 3 heterocycles. The summed E-state index contributed by atoms with van der Waals surface area (Å²) >= 11 is 12.7. The first-order valence-corrected chi connectivity index (χ1v) is 10.9. The van der Waals surface area contributed by atoms with Gasteiger partial charge in [-0.05, 0) is 25.1 Å². The smallest absolute Gasteiger partial charge is 0.244 e. The molecule has 3 aromatic rings. The minimum Gasteiger partial charge on any atom is -0.495 e. The van der Waals surface area contributed by atoms with Crippen molar-refractivity contribution in [2.24, 2.45) is 0 Å². The minimum absolute atomic E-state index is 0.0190. The standard InChI is InChI=1S/C22H24Cl2N6O2/c1-4-18-21(24)22(29-8-7-25-15(29)2)26-30(18)14-20(31)28-11-9-27(10-12-28)16-5-6-17(23)19(13-16)32-3/h4-8,13H,1,9-12,14H2,2-3H3. The largest absolute Gasteiger partial charge is 0.495 e. The molecule has 1 aliphatic rings. The van der Waals surface area contributed by atoms with E-state index in [-0.39, 0.29) is 12.5 Å². The van der Waals surface area contributed by atoms with Crippen LogP contribution in [-0.2, 0) is 11.3 Å². The van der Waals surface area contributed by atoms with E-state index in [0.29, 0.717) is 53.5 Å². The van der Waals surface area contributed by atoms with E-state index >= 15 is 0 Å². The zero-order valence-electron chi connectivity index (χ0n) is 18.0. The van der Waals surface area contributed by atoms with Crippen molar-refractivity contribution in [1.82, 2.24) is 24.2 Å². The molecule has 4 rings (SSSR count). The van der Waals surface area contributed by atoms with Crippen LogP contribution in [0.25, 0.3) is 11.9 Å². The van der Waals surface area contributed by atoms with Crippen LogP contribution >= 0.6 is 23.2 Å². The first-order valence-electron chi connectivity index (χ1n) is 10.2. The molecule has 168 valence electrons. The second-order valence-electron chi connectivity index (χ2n) is 7.42. The van der Waals surface area contributed by atoms with Crippen molar-refractivity contribution in [2.45, 2.75) is 13.5 Å². The molecule has 0 spiro atoms. The van der Waals surface area contributed by atoms with Crippen LogP contribution in [0.15, 0.2) is 37.2 Å². The van der Waals surface area contributed by atoms with E-state index < -0.39 is 0 Å². The van der Waals surface area contributed by atoms with Crippen molar-refractivity contribution < 1.29 is 9.53 Å². The number of amides is 1. The zero-order chi connectivity index (χ0) is 22.8. The Labute approximate surface area is 196 Å². The maximum atomic E-state index is 13.0. The molecule has 0 bridgehead atoms. The van der Waals surface area contributed by atoms with Crippen LogP contribution < -0.4 is 9.64 Å². The molecule has 1 aliphatic heterocycles. The normalized spacial score (nSPS) is 14.0. The Morgan fingerprint density at radius 1 is 1.25 bits per heavy atom. The van der Waals surface area contributed by atoms with Crippen LogP contribution in [0.1, 0.15) is 11.5 Å². The average molecular weight is 475 g/mol. The molecular weight excluding hydrogens is 451 g/mol. The van der Waals surface area contributed by atoms with Crippen molar-refractivity contribution in [3.05, 3.63) is 58.7 Å². The maximum Gasteiger partial charge on any atom is 0.244 e. The molecule has 0 unspecified atom stereocenters. The number of piperazine rings is 1. The molecule has 2 aromatic heterocycles. The van der Waals surface area contributed by atoms with Crippen molar-refractivity contribution >= 4 is 40.9 Å². The fraction of sp³-hybridized carbons (Fsp3) is 0.318. The molecule has 1 fully saturated rings. The topological polar surface area (TPSA) is 68.4 Å². The predicted octanol–water partition coefficient (Wildman–Crippen LogP) is 3.68. The van der Waals surface area contributed by atoms with E-state index in [9.17, 15) is 4.79 Å². The monoisotopic (exact) mass is 474 g/mol. The average Bonchev–Trinajstić information content (AvgIpc) is 3.36. The summed E-state index contributed by atoms with van der Waals surface area (Å²) < 4.78 is 8.70. The SMILES string of the molecule is C=Cc1c(Cl)c(-n2ccnc2C)nn1CC(=O)N1CCN(c2ccc(Cl)c(OC)c2)CC1. The number of imidazole rings is 1. The van der Waals surface area contributed by atoms with Crippen molar-refractivity contribution in [3.8, 4) is 11.6 Å². The van der Waals surface area contributed by atoms with E-state index in [2.05, 4.69) is 21.6 Å². The number of hydrogen-bond acceptors (Lipinski definition) is 5. The number of ether oxygens (including phenoxy) is 1. The first kappa shape index (κ1) is 22.2. The molecule has 0 radical (unpaired) electrons. The molecule has 0 atom stereocenters. The van der Waals surface area contributed by atoms with Gasteiger partial charge in [0.05, 0.1) is 17.8 Å². The highest BCUT2D eigenvalue weighted by Gasteiger charge is 2.24. The summed E-state index contributed by atoms with van der Waals surface area (Å²) in [6, 6.07) is 5.71. The number of hydrogen-bond donors (Lipinski definition) is 0. The van der Waals surface area contributed by atoms with Gasteiger partial charge in [-0.25, -0.2) is 4.98 Å². The number of aromatic nitrogens is 4. The summed E-state index contributed by atoms with van der Waals surface area (Å²) in [6.45, 7) is 8.42. The highest BCUT2D eigenvalue weighted by molar-refractivity contribution is 6.33. The number of carbonyl (C=O) groups is 1. The van der Waals surface area contributed by atoms with Crippen LogP contribution in [0.3, 0.4) is 0 Å². The van der Waals surface area contributed by atoms with Gasteiger partial charge >= 0.3 is 0 Å². The quantitative estimate of drug-likeness (QED) is 0.544. The van der Waals surface area contributed by atoms with Gasteiger partial charge < -0.3 is 14.5 Å². The third kappa shape index (κ3) is 4.20. The number of rotatable bonds is 6. The van der Waals surface area contributed by atoms with Crippen LogP contribution in [0.4, 0.5) is 5.69 Å². The highest BCUT2D eigenvalue weighted by Crippen LogP contribution is 2.30. The van der Waals surface area contributed by atoms with Gasteiger partial charge in [-0.3, -0.25) is 14.0 Å². The highest BCUT2D eigenvalue weighted by atomic mass is 35.5. The zero-order valence-corrected chi connectivity index (χ0v) is 19.5. The maximum absolute atomic E-state index is 13.0. The lowest BCUT2D eigenvalue weighted by atomic mass is 10.2.